The second kappa shape index (κ2) is 5.85. The summed E-state index contributed by atoms with van der Waals surface area (Å²) in [6.45, 7) is 3.26. The van der Waals surface area contributed by atoms with Gasteiger partial charge in [-0.3, -0.25) is 19.9 Å². The highest BCUT2D eigenvalue weighted by Gasteiger charge is 2.31. The number of carbonyl (C=O) groups is 1. The van der Waals surface area contributed by atoms with Crippen LogP contribution in [0.3, 0.4) is 0 Å². The Labute approximate surface area is 138 Å². The highest BCUT2D eigenvalue weighted by atomic mass is 35.5. The van der Waals surface area contributed by atoms with Gasteiger partial charge >= 0.3 is 6.03 Å². The molecule has 0 aliphatic carbocycles. The van der Waals surface area contributed by atoms with Crippen molar-refractivity contribution in [1.82, 2.24) is 20.4 Å². The first-order chi connectivity index (χ1) is 10.7. The Bertz CT molecular complexity index is 864. The molecule has 2 aromatic heterocycles. The number of anilines is 2. The van der Waals surface area contributed by atoms with E-state index in [1.807, 2.05) is 31.2 Å². The number of urea groups is 1. The van der Waals surface area contributed by atoms with Crippen LogP contribution in [0, 0.1) is 6.92 Å². The zero-order valence-corrected chi connectivity index (χ0v) is 13.2. The van der Waals surface area contributed by atoms with Gasteiger partial charge < -0.3 is 0 Å². The fourth-order valence-corrected chi connectivity index (χ4v) is 2.74. The van der Waals surface area contributed by atoms with E-state index in [2.05, 4.69) is 20.4 Å². The van der Waals surface area contributed by atoms with Crippen molar-refractivity contribution in [2.75, 3.05) is 22.9 Å². The molecule has 23 heavy (non-hydrogen) atoms. The predicted molar refractivity (Wildman–Crippen MR) is 90.2 cm³/mol. The van der Waals surface area contributed by atoms with E-state index >= 15 is 0 Å². The van der Waals surface area contributed by atoms with E-state index in [1.165, 1.54) is 0 Å². The Balaban J connectivity index is 0.00000156. The summed E-state index contributed by atoms with van der Waals surface area (Å²) >= 11 is 0. The van der Waals surface area contributed by atoms with Crippen molar-refractivity contribution in [2.24, 2.45) is 0 Å². The lowest BCUT2D eigenvalue weighted by molar-refractivity contribution is 0.256. The number of halogens is 1. The third-order valence-corrected chi connectivity index (χ3v) is 3.93. The molecule has 1 aromatic carbocycles. The van der Waals surface area contributed by atoms with Crippen LogP contribution in [0.25, 0.3) is 11.0 Å². The van der Waals surface area contributed by atoms with Crippen LogP contribution in [-0.4, -0.2) is 39.5 Å². The van der Waals surface area contributed by atoms with E-state index < -0.39 is 0 Å². The van der Waals surface area contributed by atoms with Crippen molar-refractivity contribution >= 4 is 40.8 Å². The van der Waals surface area contributed by atoms with Crippen LogP contribution < -0.4 is 9.80 Å². The second-order valence-electron chi connectivity index (χ2n) is 5.26. The van der Waals surface area contributed by atoms with E-state index in [-0.39, 0.29) is 18.4 Å². The molecule has 1 aliphatic heterocycles. The summed E-state index contributed by atoms with van der Waals surface area (Å²) in [4.78, 5) is 20.3. The molecule has 0 saturated carbocycles. The molecule has 8 heteroatoms. The predicted octanol–water partition coefficient (Wildman–Crippen LogP) is 2.53. The minimum atomic E-state index is -0.0426. The third-order valence-electron chi connectivity index (χ3n) is 3.93. The van der Waals surface area contributed by atoms with Gasteiger partial charge in [0.2, 0.25) is 0 Å². The van der Waals surface area contributed by atoms with Gasteiger partial charge in [-0.2, -0.15) is 0 Å². The molecule has 4 rings (SSSR count). The number of hydrogen-bond donors (Lipinski definition) is 1. The number of carbonyl (C=O) groups excluding carboxylic acids is 1. The van der Waals surface area contributed by atoms with Gasteiger partial charge in [0.1, 0.15) is 5.52 Å². The summed E-state index contributed by atoms with van der Waals surface area (Å²) in [6, 6.07) is 7.53. The van der Waals surface area contributed by atoms with Crippen LogP contribution in [0.4, 0.5) is 16.2 Å². The number of benzene rings is 1. The van der Waals surface area contributed by atoms with E-state index in [1.54, 1.807) is 22.2 Å². The number of fused-ring (bicyclic) bond motifs is 1. The van der Waals surface area contributed by atoms with Crippen LogP contribution in [-0.2, 0) is 0 Å². The molecule has 0 bridgehead atoms. The fourth-order valence-electron chi connectivity index (χ4n) is 2.74. The molecular weight excluding hydrogens is 316 g/mol. The molecule has 0 radical (unpaired) electrons. The molecule has 1 aliphatic rings. The van der Waals surface area contributed by atoms with Crippen molar-refractivity contribution < 1.29 is 4.79 Å². The summed E-state index contributed by atoms with van der Waals surface area (Å²) in [5.41, 5.74) is 4.33. The van der Waals surface area contributed by atoms with Gasteiger partial charge in [-0.15, -0.1) is 17.5 Å². The summed E-state index contributed by atoms with van der Waals surface area (Å²) in [7, 11) is 0. The van der Waals surface area contributed by atoms with E-state index in [4.69, 9.17) is 0 Å². The van der Waals surface area contributed by atoms with Gasteiger partial charge in [-0.05, 0) is 36.8 Å². The third kappa shape index (κ3) is 2.49. The van der Waals surface area contributed by atoms with Gasteiger partial charge in [0.25, 0.3) is 0 Å². The zero-order valence-electron chi connectivity index (χ0n) is 12.4. The highest BCUT2D eigenvalue weighted by Crippen LogP contribution is 2.27. The van der Waals surface area contributed by atoms with E-state index in [0.717, 1.165) is 28.0 Å². The first-order valence-electron chi connectivity index (χ1n) is 7.04. The van der Waals surface area contributed by atoms with Crippen LogP contribution in [0.15, 0.2) is 36.7 Å². The van der Waals surface area contributed by atoms with Crippen molar-refractivity contribution in [1.29, 1.82) is 0 Å². The monoisotopic (exact) mass is 330 g/mol. The molecule has 0 unspecified atom stereocenters. The number of rotatable bonds is 2. The standard InChI is InChI=1S/C15H14N6O.ClH/c1-10-4-5-16-9-14(10)21-7-6-20(15(21)22)11-2-3-12-13(8-11)18-19-17-12;/h2-5,8-9H,6-7H2,1H3,(H,17,18,19);1H. The quantitative estimate of drug-likeness (QED) is 0.783. The smallest absolute Gasteiger partial charge is 0.292 e. The molecule has 1 saturated heterocycles. The molecule has 7 nitrogen and oxygen atoms in total. The number of amides is 2. The summed E-state index contributed by atoms with van der Waals surface area (Å²) in [6.07, 6.45) is 3.47. The maximum absolute atomic E-state index is 12.7. The maximum Gasteiger partial charge on any atom is 0.329 e. The average molecular weight is 331 g/mol. The molecule has 1 N–H and O–H groups in total. The largest absolute Gasteiger partial charge is 0.329 e. The maximum atomic E-state index is 12.7. The van der Waals surface area contributed by atoms with Crippen LogP contribution in [0.5, 0.6) is 0 Å². The Kier molecular flexibility index (Phi) is 3.87. The van der Waals surface area contributed by atoms with Gasteiger partial charge in [0, 0.05) is 25.0 Å². The molecule has 0 atom stereocenters. The molecule has 3 aromatic rings. The lowest BCUT2D eigenvalue weighted by atomic mass is 10.2. The molecule has 3 heterocycles. The van der Waals surface area contributed by atoms with Crippen LogP contribution in [0.1, 0.15) is 5.56 Å². The number of hydrogen-bond acceptors (Lipinski definition) is 4. The number of aromatic amines is 1. The van der Waals surface area contributed by atoms with Crippen molar-refractivity contribution in [3.63, 3.8) is 0 Å². The minimum Gasteiger partial charge on any atom is -0.292 e. The van der Waals surface area contributed by atoms with Crippen molar-refractivity contribution in [3.05, 3.63) is 42.2 Å². The van der Waals surface area contributed by atoms with Gasteiger partial charge in [0.15, 0.2) is 0 Å². The summed E-state index contributed by atoms with van der Waals surface area (Å²) in [5.74, 6) is 0. The normalized spacial score (nSPS) is 14.4. The van der Waals surface area contributed by atoms with E-state index in [0.29, 0.717) is 13.1 Å². The second-order valence-corrected chi connectivity index (χ2v) is 5.26. The number of nitrogens with zero attached hydrogens (tertiary/aromatic N) is 5. The first kappa shape index (κ1) is 15.2. The van der Waals surface area contributed by atoms with Gasteiger partial charge in [-0.1, -0.05) is 5.21 Å². The van der Waals surface area contributed by atoms with Crippen LogP contribution >= 0.6 is 12.4 Å². The van der Waals surface area contributed by atoms with Crippen molar-refractivity contribution in [3.8, 4) is 0 Å². The molecular formula is C15H15ClN6O. The number of pyridine rings is 1. The molecule has 1 fully saturated rings. The van der Waals surface area contributed by atoms with Crippen LogP contribution in [0.2, 0.25) is 0 Å². The SMILES string of the molecule is Cc1ccncc1N1CCN(c2ccc3[nH]nnc3c2)C1=O.Cl. The number of aromatic nitrogens is 4. The average Bonchev–Trinajstić information content (AvgIpc) is 3.13. The Morgan fingerprint density at radius 3 is 2.83 bits per heavy atom. The fraction of sp³-hybridized carbons (Fsp3) is 0.200. The van der Waals surface area contributed by atoms with Crippen molar-refractivity contribution in [2.45, 2.75) is 6.92 Å². The summed E-state index contributed by atoms with van der Waals surface area (Å²) in [5, 5.41) is 10.6. The Morgan fingerprint density at radius 2 is 2.00 bits per heavy atom. The molecule has 118 valence electrons. The molecule has 2 amide bonds. The Morgan fingerprint density at radius 1 is 1.17 bits per heavy atom. The lowest BCUT2D eigenvalue weighted by Crippen LogP contribution is -2.32. The number of aryl methyl sites for hydroxylation is 1. The lowest BCUT2D eigenvalue weighted by Gasteiger charge is -2.19. The van der Waals surface area contributed by atoms with Gasteiger partial charge in [-0.25, -0.2) is 4.79 Å². The first-order valence-corrected chi connectivity index (χ1v) is 7.04. The topological polar surface area (TPSA) is 78.0 Å². The highest BCUT2D eigenvalue weighted by molar-refractivity contribution is 6.07. The summed E-state index contributed by atoms with van der Waals surface area (Å²) < 4.78 is 0. The Hall–Kier alpha value is -2.67. The minimum absolute atomic E-state index is 0. The number of nitrogens with one attached hydrogen (secondary N) is 1. The van der Waals surface area contributed by atoms with E-state index in [9.17, 15) is 4.79 Å². The molecule has 0 spiro atoms. The number of H-pyrrole nitrogens is 1. The van der Waals surface area contributed by atoms with Gasteiger partial charge in [0.05, 0.1) is 17.4 Å². The zero-order chi connectivity index (χ0) is 15.1.